The van der Waals surface area contributed by atoms with Gasteiger partial charge in [-0.3, -0.25) is 0 Å². The number of nitrogens with one attached hydrogen (secondary N) is 1. The maximum Gasteiger partial charge on any atom is 0.358 e. The molecular weight excluding hydrogens is 222 g/mol. The molecule has 1 aromatic rings. The summed E-state index contributed by atoms with van der Waals surface area (Å²) in [6.45, 7) is 1.51. The summed E-state index contributed by atoms with van der Waals surface area (Å²) in [4.78, 5) is 19.2. The number of aromatic nitrogens is 2. The van der Waals surface area contributed by atoms with Gasteiger partial charge in [-0.15, -0.1) is 0 Å². The average molecular weight is 237 g/mol. The minimum Gasteiger partial charge on any atom is -0.464 e. The largest absolute Gasteiger partial charge is 0.464 e. The predicted octanol–water partition coefficient (Wildman–Crippen LogP) is 0.854. The molecule has 0 aromatic carbocycles. The van der Waals surface area contributed by atoms with Crippen LogP contribution in [0.15, 0.2) is 12.4 Å². The Morgan fingerprint density at radius 2 is 2.41 bits per heavy atom. The van der Waals surface area contributed by atoms with E-state index in [2.05, 4.69) is 20.0 Å². The molecular formula is C11H15N3O3. The van der Waals surface area contributed by atoms with Gasteiger partial charge in [0.25, 0.3) is 0 Å². The summed E-state index contributed by atoms with van der Waals surface area (Å²) < 4.78 is 9.89. The number of carbonyl (C=O) groups excluding carboxylic acids is 1. The highest BCUT2D eigenvalue weighted by Crippen LogP contribution is 2.11. The van der Waals surface area contributed by atoms with Gasteiger partial charge in [0, 0.05) is 6.61 Å². The second-order valence-electron chi connectivity index (χ2n) is 3.84. The van der Waals surface area contributed by atoms with Crippen LogP contribution in [0.2, 0.25) is 0 Å². The summed E-state index contributed by atoms with van der Waals surface area (Å²) in [5.41, 5.74) is 0.206. The van der Waals surface area contributed by atoms with E-state index in [1.54, 1.807) is 0 Å². The van der Waals surface area contributed by atoms with Crippen LogP contribution in [0.3, 0.4) is 0 Å². The Balaban J connectivity index is 1.95. The van der Waals surface area contributed by atoms with Crippen LogP contribution in [-0.2, 0) is 9.47 Å². The van der Waals surface area contributed by atoms with Crippen molar-refractivity contribution in [3.05, 3.63) is 18.1 Å². The number of ether oxygens (including phenoxy) is 2. The average Bonchev–Trinajstić information content (AvgIpc) is 2.40. The van der Waals surface area contributed by atoms with E-state index < -0.39 is 5.97 Å². The summed E-state index contributed by atoms with van der Waals surface area (Å²) in [7, 11) is 1.32. The van der Waals surface area contributed by atoms with Crippen LogP contribution in [0, 0.1) is 0 Å². The van der Waals surface area contributed by atoms with E-state index in [0.29, 0.717) is 12.4 Å². The molecule has 2 rings (SSSR count). The van der Waals surface area contributed by atoms with Crippen LogP contribution in [0.25, 0.3) is 0 Å². The molecule has 6 heteroatoms. The van der Waals surface area contributed by atoms with Crippen molar-refractivity contribution in [3.63, 3.8) is 0 Å². The number of rotatable bonds is 3. The monoisotopic (exact) mass is 237 g/mol. The van der Waals surface area contributed by atoms with E-state index >= 15 is 0 Å². The zero-order valence-corrected chi connectivity index (χ0v) is 9.68. The number of esters is 1. The maximum absolute atomic E-state index is 11.1. The first-order chi connectivity index (χ1) is 8.29. The molecule has 6 nitrogen and oxygen atoms in total. The molecule has 1 aromatic heterocycles. The molecule has 0 saturated carbocycles. The van der Waals surface area contributed by atoms with Gasteiger partial charge in [0.1, 0.15) is 5.82 Å². The van der Waals surface area contributed by atoms with E-state index in [0.717, 1.165) is 19.4 Å². The molecule has 0 aliphatic carbocycles. The lowest BCUT2D eigenvalue weighted by Crippen LogP contribution is -2.30. The number of hydrogen-bond acceptors (Lipinski definition) is 6. The van der Waals surface area contributed by atoms with Gasteiger partial charge in [-0.25, -0.2) is 14.8 Å². The Kier molecular flexibility index (Phi) is 3.87. The van der Waals surface area contributed by atoms with Crippen LogP contribution in [-0.4, -0.2) is 42.3 Å². The van der Waals surface area contributed by atoms with Crippen molar-refractivity contribution in [1.29, 1.82) is 0 Å². The van der Waals surface area contributed by atoms with E-state index in [9.17, 15) is 4.79 Å². The molecule has 92 valence electrons. The summed E-state index contributed by atoms with van der Waals surface area (Å²) in [5, 5.41) is 3.21. The van der Waals surface area contributed by atoms with Gasteiger partial charge in [0.05, 0.1) is 32.2 Å². The van der Waals surface area contributed by atoms with Gasteiger partial charge >= 0.3 is 5.97 Å². The van der Waals surface area contributed by atoms with Gasteiger partial charge < -0.3 is 14.8 Å². The first-order valence-electron chi connectivity index (χ1n) is 5.54. The lowest BCUT2D eigenvalue weighted by Gasteiger charge is -2.23. The third-order valence-electron chi connectivity index (χ3n) is 2.56. The normalized spacial score (nSPS) is 19.7. The molecule has 17 heavy (non-hydrogen) atoms. The molecule has 0 spiro atoms. The Labute approximate surface area is 99.4 Å². The molecule has 1 aliphatic heterocycles. The van der Waals surface area contributed by atoms with Crippen LogP contribution in [0.4, 0.5) is 5.82 Å². The SMILES string of the molecule is COC(=O)c1cnc(NC2CCCOC2)cn1. The van der Waals surface area contributed by atoms with Crippen molar-refractivity contribution in [2.45, 2.75) is 18.9 Å². The molecule has 1 atom stereocenters. The van der Waals surface area contributed by atoms with Crippen LogP contribution in [0.1, 0.15) is 23.3 Å². The van der Waals surface area contributed by atoms with Crippen LogP contribution < -0.4 is 5.32 Å². The first-order valence-corrected chi connectivity index (χ1v) is 5.54. The topological polar surface area (TPSA) is 73.3 Å². The fraction of sp³-hybridized carbons (Fsp3) is 0.545. The Morgan fingerprint density at radius 3 is 3.00 bits per heavy atom. The van der Waals surface area contributed by atoms with Crippen molar-refractivity contribution < 1.29 is 14.3 Å². The van der Waals surface area contributed by atoms with E-state index in [1.807, 2.05) is 0 Å². The van der Waals surface area contributed by atoms with Gasteiger partial charge in [-0.2, -0.15) is 0 Å². The Bertz CT molecular complexity index is 374. The van der Waals surface area contributed by atoms with Gasteiger partial charge in [-0.1, -0.05) is 0 Å². The molecule has 0 radical (unpaired) electrons. The second kappa shape index (κ2) is 5.58. The molecule has 2 heterocycles. The third-order valence-corrected chi connectivity index (χ3v) is 2.56. The lowest BCUT2D eigenvalue weighted by molar-refractivity contribution is 0.0593. The Hall–Kier alpha value is -1.69. The summed E-state index contributed by atoms with van der Waals surface area (Å²) in [6, 6.07) is 0.266. The van der Waals surface area contributed by atoms with E-state index in [1.165, 1.54) is 19.5 Å². The highest BCUT2D eigenvalue weighted by Gasteiger charge is 2.14. The minimum absolute atomic E-state index is 0.206. The molecule has 1 fully saturated rings. The second-order valence-corrected chi connectivity index (χ2v) is 3.84. The molecule has 1 N–H and O–H groups in total. The quantitative estimate of drug-likeness (QED) is 0.786. The summed E-state index contributed by atoms with van der Waals surface area (Å²) in [6.07, 6.45) is 5.03. The lowest BCUT2D eigenvalue weighted by atomic mass is 10.1. The Morgan fingerprint density at radius 1 is 1.53 bits per heavy atom. The molecule has 0 bridgehead atoms. The summed E-state index contributed by atoms with van der Waals surface area (Å²) >= 11 is 0. The number of hydrogen-bond donors (Lipinski definition) is 1. The van der Waals surface area contributed by atoms with Crippen molar-refractivity contribution in [3.8, 4) is 0 Å². The zero-order chi connectivity index (χ0) is 12.1. The highest BCUT2D eigenvalue weighted by atomic mass is 16.5. The number of anilines is 1. The molecule has 0 amide bonds. The first kappa shape index (κ1) is 11.8. The van der Waals surface area contributed by atoms with Gasteiger partial charge in [-0.05, 0) is 12.8 Å². The van der Waals surface area contributed by atoms with Crippen molar-refractivity contribution in [2.24, 2.45) is 0 Å². The molecule has 1 aliphatic rings. The van der Waals surface area contributed by atoms with Crippen molar-refractivity contribution in [2.75, 3.05) is 25.6 Å². The molecule has 1 saturated heterocycles. The molecule has 1 unspecified atom stereocenters. The minimum atomic E-state index is -0.481. The number of carbonyl (C=O) groups is 1. The zero-order valence-electron chi connectivity index (χ0n) is 9.68. The number of methoxy groups -OCH3 is 1. The van der Waals surface area contributed by atoms with Crippen LogP contribution >= 0.6 is 0 Å². The summed E-state index contributed by atoms with van der Waals surface area (Å²) in [5.74, 6) is 0.165. The standard InChI is InChI=1S/C11H15N3O3/c1-16-11(15)9-5-13-10(6-12-9)14-8-3-2-4-17-7-8/h5-6,8H,2-4,7H2,1H3,(H,13,14). The maximum atomic E-state index is 11.1. The highest BCUT2D eigenvalue weighted by molar-refractivity contribution is 5.86. The van der Waals surface area contributed by atoms with E-state index in [4.69, 9.17) is 4.74 Å². The van der Waals surface area contributed by atoms with Gasteiger partial charge in [0.15, 0.2) is 5.69 Å². The van der Waals surface area contributed by atoms with Crippen LogP contribution in [0.5, 0.6) is 0 Å². The van der Waals surface area contributed by atoms with Gasteiger partial charge in [0.2, 0.25) is 0 Å². The fourth-order valence-electron chi connectivity index (χ4n) is 1.68. The van der Waals surface area contributed by atoms with E-state index in [-0.39, 0.29) is 11.7 Å². The smallest absolute Gasteiger partial charge is 0.358 e. The third kappa shape index (κ3) is 3.13. The number of nitrogens with zero attached hydrogens (tertiary/aromatic N) is 2. The fourth-order valence-corrected chi connectivity index (χ4v) is 1.68. The predicted molar refractivity (Wildman–Crippen MR) is 60.8 cm³/mol. The van der Waals surface area contributed by atoms with Crippen molar-refractivity contribution >= 4 is 11.8 Å². The van der Waals surface area contributed by atoms with Crippen molar-refractivity contribution in [1.82, 2.24) is 9.97 Å².